The number of nitrogens with two attached hydrogens (primary N) is 1. The number of carbonyl (C=O) groups is 2. The lowest BCUT2D eigenvalue weighted by Crippen LogP contribution is -2.34. The SMILES string of the molecule is NC(=O)[C@H](OC(=O)CNS(=O)(=O)Cc1ccccc1)c1ccccc1. The Hall–Kier alpha value is -2.71. The minimum Gasteiger partial charge on any atom is -0.446 e. The van der Waals surface area contributed by atoms with Gasteiger partial charge in [0.1, 0.15) is 6.54 Å². The molecule has 0 unspecified atom stereocenters. The normalized spacial score (nSPS) is 12.3. The summed E-state index contributed by atoms with van der Waals surface area (Å²) in [7, 11) is -3.72. The summed E-state index contributed by atoms with van der Waals surface area (Å²) in [4.78, 5) is 23.4. The second-order valence-corrected chi connectivity index (χ2v) is 7.06. The molecule has 0 radical (unpaired) electrons. The molecule has 7 nitrogen and oxygen atoms in total. The molecule has 132 valence electrons. The second kappa shape index (κ2) is 8.41. The summed E-state index contributed by atoms with van der Waals surface area (Å²) in [5.41, 5.74) is 6.24. The number of rotatable bonds is 8. The van der Waals surface area contributed by atoms with Crippen LogP contribution in [0.5, 0.6) is 0 Å². The van der Waals surface area contributed by atoms with E-state index in [1.807, 2.05) is 0 Å². The summed E-state index contributed by atoms with van der Waals surface area (Å²) in [5.74, 6) is -2.00. The fourth-order valence-corrected chi connectivity index (χ4v) is 3.18. The van der Waals surface area contributed by atoms with Gasteiger partial charge in [0.05, 0.1) is 5.75 Å². The number of hydrogen-bond donors (Lipinski definition) is 2. The maximum absolute atomic E-state index is 12.0. The van der Waals surface area contributed by atoms with Crippen LogP contribution in [0.2, 0.25) is 0 Å². The number of nitrogens with one attached hydrogen (secondary N) is 1. The Morgan fingerprint density at radius 1 is 1.00 bits per heavy atom. The Labute approximate surface area is 145 Å². The van der Waals surface area contributed by atoms with Gasteiger partial charge in [0.25, 0.3) is 5.91 Å². The summed E-state index contributed by atoms with van der Waals surface area (Å²) < 4.78 is 31.1. The largest absolute Gasteiger partial charge is 0.446 e. The molecule has 0 aliphatic carbocycles. The third kappa shape index (κ3) is 6.02. The van der Waals surface area contributed by atoms with E-state index in [4.69, 9.17) is 10.5 Å². The molecule has 1 amide bonds. The third-order valence-electron chi connectivity index (χ3n) is 3.25. The molecule has 0 fully saturated rings. The zero-order valence-corrected chi connectivity index (χ0v) is 14.1. The van der Waals surface area contributed by atoms with Gasteiger partial charge in [0.2, 0.25) is 16.1 Å². The van der Waals surface area contributed by atoms with Crippen molar-refractivity contribution in [1.82, 2.24) is 4.72 Å². The van der Waals surface area contributed by atoms with Crippen LogP contribution in [-0.4, -0.2) is 26.8 Å². The van der Waals surface area contributed by atoms with Crippen molar-refractivity contribution in [2.24, 2.45) is 5.73 Å². The molecule has 0 heterocycles. The van der Waals surface area contributed by atoms with Gasteiger partial charge in [0, 0.05) is 5.56 Å². The summed E-state index contributed by atoms with van der Waals surface area (Å²) in [6.07, 6.45) is -1.27. The van der Waals surface area contributed by atoms with Crippen molar-refractivity contribution in [1.29, 1.82) is 0 Å². The zero-order chi connectivity index (χ0) is 18.3. The van der Waals surface area contributed by atoms with Crippen LogP contribution in [0.1, 0.15) is 17.2 Å². The molecule has 0 saturated carbocycles. The van der Waals surface area contributed by atoms with Crippen LogP contribution >= 0.6 is 0 Å². The highest BCUT2D eigenvalue weighted by Gasteiger charge is 2.23. The first-order valence-corrected chi connectivity index (χ1v) is 9.07. The monoisotopic (exact) mass is 362 g/mol. The molecule has 0 spiro atoms. The predicted octanol–water partition coefficient (Wildman–Crippen LogP) is 0.876. The minimum atomic E-state index is -3.72. The van der Waals surface area contributed by atoms with Crippen molar-refractivity contribution < 1.29 is 22.7 Å². The van der Waals surface area contributed by atoms with Crippen LogP contribution in [-0.2, 0) is 30.1 Å². The lowest BCUT2D eigenvalue weighted by atomic mass is 10.1. The highest BCUT2D eigenvalue weighted by atomic mass is 32.2. The van der Waals surface area contributed by atoms with Crippen molar-refractivity contribution in [3.63, 3.8) is 0 Å². The standard InChI is InChI=1S/C17H18N2O5S/c18-17(21)16(14-9-5-2-6-10-14)24-15(20)11-19-25(22,23)12-13-7-3-1-4-8-13/h1-10,16,19H,11-12H2,(H2,18,21)/t16-/m1/s1. The number of esters is 1. The molecular formula is C17H18N2O5S. The Bertz CT molecular complexity index is 823. The molecule has 0 bridgehead atoms. The number of carbonyl (C=O) groups excluding carboxylic acids is 2. The number of primary amides is 1. The van der Waals surface area contributed by atoms with Gasteiger partial charge >= 0.3 is 5.97 Å². The van der Waals surface area contributed by atoms with Crippen molar-refractivity contribution in [3.05, 3.63) is 71.8 Å². The first-order valence-electron chi connectivity index (χ1n) is 7.42. The number of ether oxygens (including phenoxy) is 1. The van der Waals surface area contributed by atoms with Crippen LogP contribution < -0.4 is 10.5 Å². The quantitative estimate of drug-likeness (QED) is 0.676. The van der Waals surface area contributed by atoms with Crippen LogP contribution in [0.25, 0.3) is 0 Å². The van der Waals surface area contributed by atoms with E-state index in [-0.39, 0.29) is 5.75 Å². The van der Waals surface area contributed by atoms with Crippen molar-refractivity contribution in [2.75, 3.05) is 6.54 Å². The van der Waals surface area contributed by atoms with Gasteiger partial charge in [-0.2, -0.15) is 0 Å². The lowest BCUT2D eigenvalue weighted by Gasteiger charge is -2.15. The van der Waals surface area contributed by atoms with E-state index in [9.17, 15) is 18.0 Å². The summed E-state index contributed by atoms with van der Waals surface area (Å²) in [5, 5.41) is 0. The third-order valence-corrected chi connectivity index (χ3v) is 4.54. The molecule has 2 aromatic carbocycles. The van der Waals surface area contributed by atoms with Crippen LogP contribution in [0.3, 0.4) is 0 Å². The Kier molecular flexibility index (Phi) is 6.26. The summed E-state index contributed by atoms with van der Waals surface area (Å²) in [6, 6.07) is 16.8. The molecule has 0 aromatic heterocycles. The summed E-state index contributed by atoms with van der Waals surface area (Å²) >= 11 is 0. The fraction of sp³-hybridized carbons (Fsp3) is 0.176. The number of hydrogen-bond acceptors (Lipinski definition) is 5. The van der Waals surface area contributed by atoms with Gasteiger partial charge in [-0.05, 0) is 5.56 Å². The molecule has 2 aromatic rings. The first-order chi connectivity index (χ1) is 11.9. The van der Waals surface area contributed by atoms with E-state index in [1.54, 1.807) is 60.7 Å². The molecule has 25 heavy (non-hydrogen) atoms. The highest BCUT2D eigenvalue weighted by Crippen LogP contribution is 2.16. The van der Waals surface area contributed by atoms with E-state index in [2.05, 4.69) is 4.72 Å². The van der Waals surface area contributed by atoms with Crippen LogP contribution in [0, 0.1) is 0 Å². The van der Waals surface area contributed by atoms with Gasteiger partial charge in [-0.25, -0.2) is 13.1 Å². The van der Waals surface area contributed by atoms with Crippen molar-refractivity contribution in [3.8, 4) is 0 Å². The Morgan fingerprint density at radius 3 is 2.12 bits per heavy atom. The van der Waals surface area contributed by atoms with E-state index in [0.717, 1.165) is 0 Å². The second-order valence-electron chi connectivity index (χ2n) is 5.25. The zero-order valence-electron chi connectivity index (χ0n) is 13.3. The predicted molar refractivity (Wildman–Crippen MR) is 91.5 cm³/mol. The van der Waals surface area contributed by atoms with Crippen molar-refractivity contribution in [2.45, 2.75) is 11.9 Å². The molecule has 0 aliphatic rings. The summed E-state index contributed by atoms with van der Waals surface area (Å²) in [6.45, 7) is -0.591. The van der Waals surface area contributed by atoms with Gasteiger partial charge in [0.15, 0.2) is 0 Å². The fourth-order valence-electron chi connectivity index (χ4n) is 2.10. The van der Waals surface area contributed by atoms with E-state index in [0.29, 0.717) is 11.1 Å². The highest BCUT2D eigenvalue weighted by molar-refractivity contribution is 7.88. The molecule has 8 heteroatoms. The molecule has 3 N–H and O–H groups in total. The molecule has 2 rings (SSSR count). The topological polar surface area (TPSA) is 116 Å². The minimum absolute atomic E-state index is 0.265. The van der Waals surface area contributed by atoms with E-state index in [1.165, 1.54) is 0 Å². The lowest BCUT2D eigenvalue weighted by molar-refractivity contribution is -0.154. The Balaban J connectivity index is 1.94. The van der Waals surface area contributed by atoms with Gasteiger partial charge in [-0.15, -0.1) is 0 Å². The maximum Gasteiger partial charge on any atom is 0.322 e. The van der Waals surface area contributed by atoms with Gasteiger partial charge < -0.3 is 10.5 Å². The van der Waals surface area contributed by atoms with Crippen LogP contribution in [0.15, 0.2) is 60.7 Å². The van der Waals surface area contributed by atoms with E-state index >= 15 is 0 Å². The number of sulfonamides is 1. The first kappa shape index (κ1) is 18.6. The molecular weight excluding hydrogens is 344 g/mol. The van der Waals surface area contributed by atoms with Gasteiger partial charge in [-0.3, -0.25) is 9.59 Å². The smallest absolute Gasteiger partial charge is 0.322 e. The number of benzene rings is 2. The Morgan fingerprint density at radius 2 is 1.56 bits per heavy atom. The van der Waals surface area contributed by atoms with Gasteiger partial charge in [-0.1, -0.05) is 60.7 Å². The van der Waals surface area contributed by atoms with E-state index < -0.39 is 34.5 Å². The molecule has 1 atom stereocenters. The molecule has 0 saturated heterocycles. The average molecular weight is 362 g/mol. The average Bonchev–Trinajstić information content (AvgIpc) is 2.59. The van der Waals surface area contributed by atoms with Crippen molar-refractivity contribution >= 4 is 21.9 Å². The van der Waals surface area contributed by atoms with Crippen LogP contribution in [0.4, 0.5) is 0 Å². The molecule has 0 aliphatic heterocycles. The number of amides is 1. The maximum atomic E-state index is 12.0.